The van der Waals surface area contributed by atoms with Crippen LogP contribution in [0.2, 0.25) is 0 Å². The van der Waals surface area contributed by atoms with Crippen molar-refractivity contribution in [2.24, 2.45) is 7.05 Å². The Labute approximate surface area is 185 Å². The number of oxazole rings is 1. The van der Waals surface area contributed by atoms with Gasteiger partial charge in [-0.25, -0.2) is 9.37 Å². The van der Waals surface area contributed by atoms with Crippen LogP contribution in [0.3, 0.4) is 0 Å². The van der Waals surface area contributed by atoms with Gasteiger partial charge in [0.2, 0.25) is 5.82 Å². The highest BCUT2D eigenvalue weighted by atomic mass is 32.2. The Morgan fingerprint density at radius 2 is 2.06 bits per heavy atom. The molecule has 0 spiro atoms. The molecule has 1 N–H and O–H groups in total. The van der Waals surface area contributed by atoms with E-state index in [1.807, 2.05) is 18.5 Å². The van der Waals surface area contributed by atoms with Crippen molar-refractivity contribution in [2.75, 3.05) is 25.9 Å². The van der Waals surface area contributed by atoms with E-state index in [0.717, 1.165) is 54.5 Å². The minimum atomic E-state index is -0.658. The summed E-state index contributed by atoms with van der Waals surface area (Å²) < 4.78 is 20.4. The first kappa shape index (κ1) is 22.0. The highest BCUT2D eigenvalue weighted by molar-refractivity contribution is 7.99. The van der Waals surface area contributed by atoms with Crippen LogP contribution >= 0.6 is 11.8 Å². The zero-order chi connectivity index (χ0) is 22.0. The molecule has 7 nitrogen and oxygen atoms in total. The minimum absolute atomic E-state index is 0.121. The second kappa shape index (κ2) is 9.10. The van der Waals surface area contributed by atoms with Gasteiger partial charge in [-0.3, -0.25) is 0 Å². The van der Waals surface area contributed by atoms with E-state index in [1.165, 1.54) is 18.5 Å². The number of thioether (sulfide) groups is 1. The summed E-state index contributed by atoms with van der Waals surface area (Å²) in [4.78, 5) is 6.36. The number of nitrogens with zero attached hydrogens (tertiary/aromatic N) is 5. The average Bonchev–Trinajstić information content (AvgIpc) is 3.03. The molecule has 0 saturated heterocycles. The molecule has 1 fully saturated rings. The van der Waals surface area contributed by atoms with E-state index in [1.54, 1.807) is 23.9 Å². The molecular formula is C22H28FN5O2S. The van der Waals surface area contributed by atoms with Crippen LogP contribution in [0.1, 0.15) is 36.4 Å². The molecule has 1 aromatic carbocycles. The predicted molar refractivity (Wildman–Crippen MR) is 117 cm³/mol. The zero-order valence-corrected chi connectivity index (χ0v) is 18.9. The van der Waals surface area contributed by atoms with Crippen molar-refractivity contribution >= 4 is 11.8 Å². The lowest BCUT2D eigenvalue weighted by atomic mass is 10.1. The Hall–Kier alpha value is -2.23. The predicted octanol–water partition coefficient (Wildman–Crippen LogP) is 3.64. The van der Waals surface area contributed by atoms with Crippen molar-refractivity contribution in [2.45, 2.75) is 42.9 Å². The molecule has 0 bridgehead atoms. The summed E-state index contributed by atoms with van der Waals surface area (Å²) in [6, 6.07) is 6.48. The van der Waals surface area contributed by atoms with Crippen molar-refractivity contribution in [3.63, 3.8) is 0 Å². The normalized spacial score (nSPS) is 20.5. The van der Waals surface area contributed by atoms with Crippen molar-refractivity contribution in [3.05, 3.63) is 47.7 Å². The topological polar surface area (TPSA) is 80.2 Å². The van der Waals surface area contributed by atoms with E-state index >= 15 is 0 Å². The smallest absolute Gasteiger partial charge is 0.202 e. The van der Waals surface area contributed by atoms with Crippen molar-refractivity contribution in [3.8, 4) is 11.6 Å². The highest BCUT2D eigenvalue weighted by Gasteiger charge is 2.53. The summed E-state index contributed by atoms with van der Waals surface area (Å²) in [6.45, 7) is 3.66. The molecule has 2 aromatic heterocycles. The fourth-order valence-electron chi connectivity index (χ4n) is 3.84. The van der Waals surface area contributed by atoms with E-state index < -0.39 is 5.60 Å². The lowest BCUT2D eigenvalue weighted by molar-refractivity contribution is 0.118. The summed E-state index contributed by atoms with van der Waals surface area (Å²) in [6.07, 6.45) is 3.90. The molecule has 0 unspecified atom stereocenters. The fourth-order valence-corrected chi connectivity index (χ4v) is 4.68. The van der Waals surface area contributed by atoms with E-state index in [9.17, 15) is 9.50 Å². The molecule has 0 aliphatic heterocycles. The molecule has 1 aliphatic carbocycles. The summed E-state index contributed by atoms with van der Waals surface area (Å²) in [7, 11) is 4.01. The monoisotopic (exact) mass is 445 g/mol. The quantitative estimate of drug-likeness (QED) is 0.377. The maximum absolute atomic E-state index is 13.1. The number of benzene rings is 1. The third-order valence-corrected chi connectivity index (χ3v) is 7.05. The number of aromatic nitrogens is 4. The molecular weight excluding hydrogens is 417 g/mol. The Kier molecular flexibility index (Phi) is 6.45. The molecule has 4 rings (SSSR count). The largest absolute Gasteiger partial charge is 0.440 e. The number of halogens is 1. The Morgan fingerprint density at radius 3 is 2.77 bits per heavy atom. The molecule has 9 heteroatoms. The molecule has 2 heterocycles. The summed E-state index contributed by atoms with van der Waals surface area (Å²) in [5, 5.41) is 20.1. The number of aryl methyl sites for hydroxylation is 1. The van der Waals surface area contributed by atoms with E-state index in [-0.39, 0.29) is 11.7 Å². The zero-order valence-electron chi connectivity index (χ0n) is 18.1. The van der Waals surface area contributed by atoms with Crippen molar-refractivity contribution in [1.82, 2.24) is 24.6 Å². The van der Waals surface area contributed by atoms with Gasteiger partial charge in [0.25, 0.3) is 0 Å². The Morgan fingerprint density at radius 1 is 1.29 bits per heavy atom. The fraction of sp³-hybridized carbons (Fsp3) is 0.500. The highest BCUT2D eigenvalue weighted by Crippen LogP contribution is 2.53. The molecule has 166 valence electrons. The van der Waals surface area contributed by atoms with Crippen LogP contribution in [0, 0.1) is 12.7 Å². The van der Waals surface area contributed by atoms with Crippen LogP contribution < -0.4 is 0 Å². The SMILES string of the molecule is Cc1ncoc1-c1nnc(SCCCN(C)CC[C@]2(O)C[C@H]2c2ccc(F)cc2)n1C. The van der Waals surface area contributed by atoms with Crippen LogP contribution in [0.4, 0.5) is 4.39 Å². The summed E-state index contributed by atoms with van der Waals surface area (Å²) in [5.41, 5.74) is 1.16. The van der Waals surface area contributed by atoms with Crippen LogP contribution in [-0.2, 0) is 7.05 Å². The second-order valence-corrected chi connectivity index (χ2v) is 9.36. The maximum atomic E-state index is 13.1. The molecule has 0 radical (unpaired) electrons. The van der Waals surface area contributed by atoms with Gasteiger partial charge in [-0.15, -0.1) is 10.2 Å². The van der Waals surface area contributed by atoms with Crippen LogP contribution in [-0.4, -0.2) is 61.2 Å². The molecule has 31 heavy (non-hydrogen) atoms. The van der Waals surface area contributed by atoms with Crippen molar-refractivity contribution in [1.29, 1.82) is 0 Å². The lowest BCUT2D eigenvalue weighted by Crippen LogP contribution is -2.26. The van der Waals surface area contributed by atoms with Gasteiger partial charge in [0.1, 0.15) is 5.82 Å². The van der Waals surface area contributed by atoms with Gasteiger partial charge in [-0.05, 0) is 57.5 Å². The number of rotatable bonds is 10. The van der Waals surface area contributed by atoms with Gasteiger partial charge in [0.05, 0.1) is 11.3 Å². The molecule has 2 atom stereocenters. The first-order chi connectivity index (χ1) is 14.9. The third kappa shape index (κ3) is 4.99. The maximum Gasteiger partial charge on any atom is 0.202 e. The Bertz CT molecular complexity index is 1020. The van der Waals surface area contributed by atoms with Gasteiger partial charge in [0.15, 0.2) is 17.3 Å². The van der Waals surface area contributed by atoms with Crippen LogP contribution in [0.5, 0.6) is 0 Å². The van der Waals surface area contributed by atoms with Gasteiger partial charge in [-0.2, -0.15) is 0 Å². The van der Waals surface area contributed by atoms with E-state index in [2.05, 4.69) is 27.1 Å². The third-order valence-electron chi connectivity index (χ3n) is 5.94. The van der Waals surface area contributed by atoms with Gasteiger partial charge in [-0.1, -0.05) is 23.9 Å². The van der Waals surface area contributed by atoms with Gasteiger partial charge >= 0.3 is 0 Å². The standard InChI is InChI=1S/C22H28FN5O2S/c1-15-19(30-14-24-15)20-25-26-21(28(20)3)31-12-4-10-27(2)11-9-22(29)13-18(22)16-5-7-17(23)8-6-16/h5-8,14,18,29H,4,9-13H2,1-3H3/t18-,22-/m0/s1. The summed E-state index contributed by atoms with van der Waals surface area (Å²) >= 11 is 1.67. The Balaban J connectivity index is 1.18. The van der Waals surface area contributed by atoms with E-state index in [4.69, 9.17) is 4.42 Å². The lowest BCUT2D eigenvalue weighted by Gasteiger charge is -2.19. The number of aliphatic hydroxyl groups is 1. The minimum Gasteiger partial charge on any atom is -0.440 e. The number of hydrogen-bond acceptors (Lipinski definition) is 7. The second-order valence-electron chi connectivity index (χ2n) is 8.30. The average molecular weight is 446 g/mol. The van der Waals surface area contributed by atoms with Crippen molar-refractivity contribution < 1.29 is 13.9 Å². The first-order valence-electron chi connectivity index (χ1n) is 10.5. The summed E-state index contributed by atoms with van der Waals surface area (Å²) in [5.74, 6) is 2.14. The molecule has 0 amide bonds. The number of hydrogen-bond donors (Lipinski definition) is 1. The molecule has 1 saturated carbocycles. The van der Waals surface area contributed by atoms with Crippen LogP contribution in [0.25, 0.3) is 11.6 Å². The van der Waals surface area contributed by atoms with E-state index in [0.29, 0.717) is 11.6 Å². The van der Waals surface area contributed by atoms with Crippen LogP contribution in [0.15, 0.2) is 40.2 Å². The van der Waals surface area contributed by atoms with Gasteiger partial charge < -0.3 is 19.0 Å². The molecule has 1 aliphatic rings. The van der Waals surface area contributed by atoms with Gasteiger partial charge in [0, 0.05) is 25.3 Å². The molecule has 3 aromatic rings. The first-order valence-corrected chi connectivity index (χ1v) is 11.4.